The van der Waals surface area contributed by atoms with Gasteiger partial charge in [0.15, 0.2) is 18.1 Å². The van der Waals surface area contributed by atoms with Crippen LogP contribution in [-0.4, -0.2) is 56.4 Å². The first-order valence-corrected chi connectivity index (χ1v) is 8.59. The van der Waals surface area contributed by atoms with Gasteiger partial charge in [-0.05, 0) is 31.4 Å². The largest absolute Gasteiger partial charge is 0.490 e. The molecule has 0 spiro atoms. The normalized spacial score (nSPS) is 10.8. The number of methoxy groups -OCH3 is 1. The Morgan fingerprint density at radius 3 is 2.56 bits per heavy atom. The van der Waals surface area contributed by atoms with Crippen molar-refractivity contribution in [3.63, 3.8) is 0 Å². The number of hydrogen-bond donors (Lipinski definition) is 2. The van der Waals surface area contributed by atoms with Crippen LogP contribution in [0.5, 0.6) is 11.5 Å². The Kier molecular flexibility index (Phi) is 8.48. The second-order valence-corrected chi connectivity index (χ2v) is 5.32. The molecule has 0 heterocycles. The van der Waals surface area contributed by atoms with Crippen molar-refractivity contribution < 1.29 is 23.8 Å². The standard InChI is InChI=1S/C16H21N3O5S/c1-5-23-12-8-10(6-7-11(12)24-9-13(20)18-2)14(17)15(25-4)19-16(21)22-3/h6-8,17H,5,9H2,1-4H3,(H,18,20). The predicted molar refractivity (Wildman–Crippen MR) is 97.4 cm³/mol. The fourth-order valence-corrected chi connectivity index (χ4v) is 2.21. The van der Waals surface area contributed by atoms with Crippen LogP contribution in [-0.2, 0) is 9.53 Å². The van der Waals surface area contributed by atoms with Crippen LogP contribution in [0.4, 0.5) is 4.79 Å². The lowest BCUT2D eigenvalue weighted by molar-refractivity contribution is -0.122. The fraction of sp³-hybridized carbons (Fsp3) is 0.375. The van der Waals surface area contributed by atoms with Crippen molar-refractivity contribution in [2.24, 2.45) is 4.99 Å². The third-order valence-electron chi connectivity index (χ3n) is 2.94. The number of hydrogen-bond acceptors (Lipinski definition) is 7. The van der Waals surface area contributed by atoms with Crippen LogP contribution in [0.25, 0.3) is 0 Å². The molecule has 0 atom stereocenters. The molecule has 0 unspecified atom stereocenters. The number of nitrogens with one attached hydrogen (secondary N) is 2. The molecule has 0 saturated carbocycles. The van der Waals surface area contributed by atoms with Crippen LogP contribution in [0.2, 0.25) is 0 Å². The zero-order valence-electron chi connectivity index (χ0n) is 14.5. The molecule has 8 nitrogen and oxygen atoms in total. The molecule has 2 amide bonds. The molecule has 0 bridgehead atoms. The molecule has 0 aliphatic heterocycles. The Balaban J connectivity index is 3.10. The molecular weight excluding hydrogens is 346 g/mol. The summed E-state index contributed by atoms with van der Waals surface area (Å²) in [6.45, 7) is 2.05. The molecule has 0 saturated heterocycles. The molecular formula is C16H21N3O5S. The third kappa shape index (κ3) is 6.11. The number of likely N-dealkylation sites (N-methyl/N-ethyl adjacent to an activating group) is 1. The maximum Gasteiger partial charge on any atom is 0.434 e. The SMILES string of the molecule is CCOc1cc(C(=N)C(=NC(=O)OC)SC)ccc1OCC(=O)NC. The van der Waals surface area contributed by atoms with Gasteiger partial charge in [0.1, 0.15) is 5.04 Å². The van der Waals surface area contributed by atoms with E-state index in [1.54, 1.807) is 24.5 Å². The lowest BCUT2D eigenvalue weighted by atomic mass is 10.1. The van der Waals surface area contributed by atoms with Gasteiger partial charge in [-0.2, -0.15) is 4.99 Å². The van der Waals surface area contributed by atoms with Crippen molar-refractivity contribution in [2.75, 3.05) is 33.6 Å². The van der Waals surface area contributed by atoms with Crippen molar-refractivity contribution in [1.29, 1.82) is 5.41 Å². The van der Waals surface area contributed by atoms with E-state index in [9.17, 15) is 9.59 Å². The van der Waals surface area contributed by atoms with Gasteiger partial charge in [0.2, 0.25) is 0 Å². The van der Waals surface area contributed by atoms with Crippen LogP contribution in [0.1, 0.15) is 12.5 Å². The van der Waals surface area contributed by atoms with E-state index >= 15 is 0 Å². The van der Waals surface area contributed by atoms with Crippen molar-refractivity contribution >= 4 is 34.5 Å². The van der Waals surface area contributed by atoms with Gasteiger partial charge in [0, 0.05) is 12.6 Å². The van der Waals surface area contributed by atoms with Crippen LogP contribution in [0, 0.1) is 5.41 Å². The van der Waals surface area contributed by atoms with Gasteiger partial charge in [0.25, 0.3) is 5.91 Å². The molecule has 0 aliphatic rings. The van der Waals surface area contributed by atoms with E-state index in [0.717, 1.165) is 11.8 Å². The van der Waals surface area contributed by atoms with E-state index in [1.807, 2.05) is 6.92 Å². The number of benzene rings is 1. The van der Waals surface area contributed by atoms with Gasteiger partial charge in [-0.15, -0.1) is 11.8 Å². The fourth-order valence-electron chi connectivity index (χ4n) is 1.72. The summed E-state index contributed by atoms with van der Waals surface area (Å²) in [6, 6.07) is 4.84. The van der Waals surface area contributed by atoms with Gasteiger partial charge in [-0.25, -0.2) is 4.79 Å². The number of nitrogens with zero attached hydrogens (tertiary/aromatic N) is 1. The van der Waals surface area contributed by atoms with Gasteiger partial charge in [-0.1, -0.05) is 0 Å². The summed E-state index contributed by atoms with van der Waals surface area (Å²) in [4.78, 5) is 26.4. The molecule has 136 valence electrons. The van der Waals surface area contributed by atoms with Crippen LogP contribution in [0.3, 0.4) is 0 Å². The molecule has 1 rings (SSSR count). The minimum Gasteiger partial charge on any atom is -0.490 e. The zero-order valence-corrected chi connectivity index (χ0v) is 15.4. The van der Waals surface area contributed by atoms with Gasteiger partial charge in [0.05, 0.1) is 19.4 Å². The highest BCUT2D eigenvalue weighted by Gasteiger charge is 2.15. The maximum atomic E-state index is 11.3. The molecule has 0 radical (unpaired) electrons. The van der Waals surface area contributed by atoms with Crippen LogP contribution >= 0.6 is 11.8 Å². The Bertz CT molecular complexity index is 676. The number of rotatable bonds is 7. The van der Waals surface area contributed by atoms with E-state index in [1.165, 1.54) is 14.2 Å². The smallest absolute Gasteiger partial charge is 0.434 e. The van der Waals surface area contributed by atoms with E-state index < -0.39 is 6.09 Å². The summed E-state index contributed by atoms with van der Waals surface area (Å²) < 4.78 is 15.4. The number of thioether (sulfide) groups is 1. The van der Waals surface area contributed by atoms with E-state index in [4.69, 9.17) is 14.9 Å². The highest BCUT2D eigenvalue weighted by molar-refractivity contribution is 8.15. The van der Waals surface area contributed by atoms with Crippen molar-refractivity contribution in [3.8, 4) is 11.5 Å². The van der Waals surface area contributed by atoms with Crippen molar-refractivity contribution in [1.82, 2.24) is 5.32 Å². The van der Waals surface area contributed by atoms with E-state index in [2.05, 4.69) is 15.0 Å². The van der Waals surface area contributed by atoms with Gasteiger partial charge >= 0.3 is 6.09 Å². The maximum absolute atomic E-state index is 11.3. The Morgan fingerprint density at radius 1 is 1.28 bits per heavy atom. The lowest BCUT2D eigenvalue weighted by Crippen LogP contribution is -2.25. The van der Waals surface area contributed by atoms with Gasteiger partial charge in [-0.3, -0.25) is 10.2 Å². The average Bonchev–Trinajstić information content (AvgIpc) is 2.64. The summed E-state index contributed by atoms with van der Waals surface area (Å²) in [7, 11) is 2.74. The predicted octanol–water partition coefficient (Wildman–Crippen LogP) is 2.11. The number of amides is 2. The topological polar surface area (TPSA) is 110 Å². The lowest BCUT2D eigenvalue weighted by Gasteiger charge is -2.13. The van der Waals surface area contributed by atoms with E-state index in [0.29, 0.717) is 23.7 Å². The molecule has 0 aromatic heterocycles. The Morgan fingerprint density at radius 2 is 2.00 bits per heavy atom. The molecule has 25 heavy (non-hydrogen) atoms. The molecule has 9 heteroatoms. The quantitative estimate of drug-likeness (QED) is 0.564. The minimum absolute atomic E-state index is 0.0525. The van der Waals surface area contributed by atoms with E-state index in [-0.39, 0.29) is 23.3 Å². The molecule has 0 fully saturated rings. The number of ether oxygens (including phenoxy) is 3. The van der Waals surface area contributed by atoms with Crippen LogP contribution < -0.4 is 14.8 Å². The summed E-state index contributed by atoms with van der Waals surface area (Å²) in [5.74, 6) is 0.513. The number of carbonyl (C=O) groups is 2. The zero-order chi connectivity index (χ0) is 18.8. The molecule has 1 aromatic rings. The summed E-state index contributed by atoms with van der Waals surface area (Å²) in [5.41, 5.74) is 0.546. The first-order chi connectivity index (χ1) is 12.0. The summed E-state index contributed by atoms with van der Waals surface area (Å²) >= 11 is 1.16. The number of aliphatic imine (C=N–C) groups is 1. The van der Waals surface area contributed by atoms with Gasteiger partial charge < -0.3 is 19.5 Å². The second kappa shape index (κ2) is 10.3. The van der Waals surface area contributed by atoms with Crippen LogP contribution in [0.15, 0.2) is 23.2 Å². The Labute approximate surface area is 150 Å². The Hall–Kier alpha value is -2.55. The van der Waals surface area contributed by atoms with Crippen molar-refractivity contribution in [3.05, 3.63) is 23.8 Å². The molecule has 0 aliphatic carbocycles. The second-order valence-electron chi connectivity index (χ2n) is 4.52. The monoisotopic (exact) mass is 367 g/mol. The number of carbonyl (C=O) groups excluding carboxylic acids is 2. The summed E-state index contributed by atoms with van der Waals surface area (Å²) in [6.07, 6.45) is 0.935. The summed E-state index contributed by atoms with van der Waals surface area (Å²) in [5, 5.41) is 10.9. The third-order valence-corrected chi connectivity index (χ3v) is 3.63. The highest BCUT2D eigenvalue weighted by Crippen LogP contribution is 2.29. The first-order valence-electron chi connectivity index (χ1n) is 7.36. The van der Waals surface area contributed by atoms with Crippen molar-refractivity contribution in [2.45, 2.75) is 6.92 Å². The molecule has 2 N–H and O–H groups in total. The highest BCUT2D eigenvalue weighted by atomic mass is 32.2. The minimum atomic E-state index is -0.773. The first kappa shape index (κ1) is 20.5. The molecule has 1 aromatic carbocycles. The average molecular weight is 367 g/mol.